The standard InChI is InChI=1S/C15H23N3O/c1-12-5-2-3-9-18(12)10-8-17-15(19)13-6-4-7-14(16)11-13/h4,6-7,11-12H,2-3,5,8-10,16H2,1H3,(H,17,19). The van der Waals surface area contributed by atoms with Gasteiger partial charge in [-0.15, -0.1) is 0 Å². The molecule has 1 fully saturated rings. The number of rotatable bonds is 4. The fourth-order valence-electron chi connectivity index (χ4n) is 2.58. The highest BCUT2D eigenvalue weighted by molar-refractivity contribution is 5.94. The smallest absolute Gasteiger partial charge is 0.251 e. The van der Waals surface area contributed by atoms with Gasteiger partial charge < -0.3 is 11.1 Å². The number of hydrogen-bond acceptors (Lipinski definition) is 3. The Morgan fingerprint density at radius 1 is 1.47 bits per heavy atom. The van der Waals surface area contributed by atoms with Gasteiger partial charge in [0, 0.05) is 30.4 Å². The zero-order valence-electron chi connectivity index (χ0n) is 11.6. The summed E-state index contributed by atoms with van der Waals surface area (Å²) in [7, 11) is 0. The summed E-state index contributed by atoms with van der Waals surface area (Å²) in [6.45, 7) is 5.03. The lowest BCUT2D eigenvalue weighted by atomic mass is 10.0. The molecule has 0 aliphatic carbocycles. The van der Waals surface area contributed by atoms with Crippen molar-refractivity contribution in [3.05, 3.63) is 29.8 Å². The lowest BCUT2D eigenvalue weighted by Gasteiger charge is -2.33. The predicted molar refractivity (Wildman–Crippen MR) is 78.1 cm³/mol. The number of piperidine rings is 1. The van der Waals surface area contributed by atoms with Crippen molar-refractivity contribution in [1.82, 2.24) is 10.2 Å². The van der Waals surface area contributed by atoms with Gasteiger partial charge in [-0.2, -0.15) is 0 Å². The van der Waals surface area contributed by atoms with Crippen molar-refractivity contribution in [2.45, 2.75) is 32.2 Å². The van der Waals surface area contributed by atoms with Gasteiger partial charge in [-0.25, -0.2) is 0 Å². The minimum absolute atomic E-state index is 0.0445. The fraction of sp³-hybridized carbons (Fsp3) is 0.533. The van der Waals surface area contributed by atoms with E-state index in [2.05, 4.69) is 17.1 Å². The van der Waals surface area contributed by atoms with Crippen molar-refractivity contribution in [2.24, 2.45) is 0 Å². The number of nitrogens with two attached hydrogens (primary N) is 1. The molecular weight excluding hydrogens is 238 g/mol. The molecule has 1 heterocycles. The maximum atomic E-state index is 11.9. The summed E-state index contributed by atoms with van der Waals surface area (Å²) in [5, 5.41) is 2.96. The number of nitrogen functional groups attached to an aromatic ring is 1. The van der Waals surface area contributed by atoms with Crippen LogP contribution in [0.2, 0.25) is 0 Å². The van der Waals surface area contributed by atoms with Crippen LogP contribution in [0.1, 0.15) is 36.5 Å². The van der Waals surface area contributed by atoms with Crippen LogP contribution in [0.25, 0.3) is 0 Å². The number of anilines is 1. The molecule has 3 N–H and O–H groups in total. The fourth-order valence-corrected chi connectivity index (χ4v) is 2.58. The molecule has 0 radical (unpaired) electrons. The Bertz CT molecular complexity index is 433. The second kappa shape index (κ2) is 6.57. The summed E-state index contributed by atoms with van der Waals surface area (Å²) in [6, 6.07) is 7.72. The minimum Gasteiger partial charge on any atom is -0.399 e. The molecule has 1 aromatic rings. The van der Waals surface area contributed by atoms with Gasteiger partial charge in [0.15, 0.2) is 0 Å². The average Bonchev–Trinajstić information content (AvgIpc) is 2.41. The molecule has 1 aliphatic rings. The first kappa shape index (κ1) is 13.9. The van der Waals surface area contributed by atoms with E-state index >= 15 is 0 Å². The van der Waals surface area contributed by atoms with E-state index < -0.39 is 0 Å². The maximum Gasteiger partial charge on any atom is 0.251 e. The molecule has 1 aromatic carbocycles. The Balaban J connectivity index is 1.77. The van der Waals surface area contributed by atoms with Crippen LogP contribution in [0.4, 0.5) is 5.69 Å². The number of likely N-dealkylation sites (tertiary alicyclic amines) is 1. The van der Waals surface area contributed by atoms with Gasteiger partial charge in [0.1, 0.15) is 0 Å². The predicted octanol–water partition coefficient (Wildman–Crippen LogP) is 1.87. The molecule has 1 amide bonds. The third-order valence-electron chi connectivity index (χ3n) is 3.77. The van der Waals surface area contributed by atoms with Crippen LogP contribution < -0.4 is 11.1 Å². The van der Waals surface area contributed by atoms with Gasteiger partial charge >= 0.3 is 0 Å². The van der Waals surface area contributed by atoms with Crippen molar-refractivity contribution in [3.63, 3.8) is 0 Å². The molecule has 19 heavy (non-hydrogen) atoms. The number of nitrogens with zero attached hydrogens (tertiary/aromatic N) is 1. The lowest BCUT2D eigenvalue weighted by molar-refractivity contribution is 0.0938. The van der Waals surface area contributed by atoms with E-state index in [1.54, 1.807) is 24.3 Å². The van der Waals surface area contributed by atoms with Crippen LogP contribution in [0.3, 0.4) is 0 Å². The Morgan fingerprint density at radius 2 is 2.32 bits per heavy atom. The SMILES string of the molecule is CC1CCCCN1CCNC(=O)c1cccc(N)c1. The van der Waals surface area contributed by atoms with Crippen molar-refractivity contribution in [2.75, 3.05) is 25.4 Å². The quantitative estimate of drug-likeness (QED) is 0.814. The van der Waals surface area contributed by atoms with Gasteiger partial charge in [-0.3, -0.25) is 9.69 Å². The number of carbonyl (C=O) groups excluding carboxylic acids is 1. The zero-order chi connectivity index (χ0) is 13.7. The normalized spacial score (nSPS) is 20.2. The summed E-state index contributed by atoms with van der Waals surface area (Å²) >= 11 is 0. The summed E-state index contributed by atoms with van der Waals surface area (Å²) in [5.41, 5.74) is 6.93. The third kappa shape index (κ3) is 3.96. The Morgan fingerprint density at radius 3 is 3.05 bits per heavy atom. The van der Waals surface area contributed by atoms with E-state index in [0.29, 0.717) is 23.8 Å². The summed E-state index contributed by atoms with van der Waals surface area (Å²) in [5.74, 6) is -0.0445. The number of amides is 1. The number of nitrogens with one attached hydrogen (secondary N) is 1. The van der Waals surface area contributed by atoms with Gasteiger partial charge in [0.25, 0.3) is 5.91 Å². The Hall–Kier alpha value is -1.55. The molecule has 0 saturated carbocycles. The Kier molecular flexibility index (Phi) is 4.80. The van der Waals surface area contributed by atoms with E-state index in [4.69, 9.17) is 5.73 Å². The number of carbonyl (C=O) groups is 1. The van der Waals surface area contributed by atoms with Crippen LogP contribution in [-0.4, -0.2) is 36.5 Å². The van der Waals surface area contributed by atoms with Gasteiger partial charge in [-0.05, 0) is 44.5 Å². The van der Waals surface area contributed by atoms with Crippen LogP contribution in [0.5, 0.6) is 0 Å². The van der Waals surface area contributed by atoms with Crippen LogP contribution in [-0.2, 0) is 0 Å². The van der Waals surface area contributed by atoms with E-state index in [-0.39, 0.29) is 5.91 Å². The summed E-state index contributed by atoms with van der Waals surface area (Å²) < 4.78 is 0. The molecule has 4 heteroatoms. The highest BCUT2D eigenvalue weighted by Gasteiger charge is 2.17. The van der Waals surface area contributed by atoms with Gasteiger partial charge in [0.05, 0.1) is 0 Å². The van der Waals surface area contributed by atoms with Crippen molar-refractivity contribution < 1.29 is 4.79 Å². The first-order valence-corrected chi connectivity index (χ1v) is 7.04. The highest BCUT2D eigenvalue weighted by Crippen LogP contribution is 2.15. The molecule has 2 rings (SSSR count). The Labute approximate surface area is 115 Å². The maximum absolute atomic E-state index is 11.9. The molecule has 0 spiro atoms. The minimum atomic E-state index is -0.0445. The molecule has 1 aliphatic heterocycles. The van der Waals surface area contributed by atoms with E-state index in [1.807, 2.05) is 0 Å². The number of benzene rings is 1. The van der Waals surface area contributed by atoms with Crippen molar-refractivity contribution >= 4 is 11.6 Å². The first-order valence-electron chi connectivity index (χ1n) is 7.04. The van der Waals surface area contributed by atoms with Crippen molar-refractivity contribution in [1.29, 1.82) is 0 Å². The molecule has 0 aromatic heterocycles. The molecule has 0 bridgehead atoms. The molecule has 104 valence electrons. The number of hydrogen-bond donors (Lipinski definition) is 2. The third-order valence-corrected chi connectivity index (χ3v) is 3.77. The van der Waals surface area contributed by atoms with Crippen LogP contribution >= 0.6 is 0 Å². The molecule has 1 atom stereocenters. The highest BCUT2D eigenvalue weighted by atomic mass is 16.1. The van der Waals surface area contributed by atoms with Crippen LogP contribution in [0, 0.1) is 0 Å². The monoisotopic (exact) mass is 261 g/mol. The second-order valence-electron chi connectivity index (χ2n) is 5.26. The average molecular weight is 261 g/mol. The van der Waals surface area contributed by atoms with E-state index in [0.717, 1.165) is 13.1 Å². The molecule has 1 saturated heterocycles. The van der Waals surface area contributed by atoms with Gasteiger partial charge in [0.2, 0.25) is 0 Å². The van der Waals surface area contributed by atoms with Crippen LogP contribution in [0.15, 0.2) is 24.3 Å². The lowest BCUT2D eigenvalue weighted by Crippen LogP contribution is -2.42. The van der Waals surface area contributed by atoms with E-state index in [1.165, 1.54) is 19.3 Å². The second-order valence-corrected chi connectivity index (χ2v) is 5.26. The topological polar surface area (TPSA) is 58.4 Å². The largest absolute Gasteiger partial charge is 0.399 e. The summed E-state index contributed by atoms with van der Waals surface area (Å²) in [4.78, 5) is 14.4. The molecular formula is C15H23N3O. The van der Waals surface area contributed by atoms with E-state index in [9.17, 15) is 4.79 Å². The first-order chi connectivity index (χ1) is 9.16. The molecule has 1 unspecified atom stereocenters. The summed E-state index contributed by atoms with van der Waals surface area (Å²) in [6.07, 6.45) is 3.87. The molecule has 4 nitrogen and oxygen atoms in total. The zero-order valence-corrected chi connectivity index (χ0v) is 11.6. The van der Waals surface area contributed by atoms with Gasteiger partial charge in [-0.1, -0.05) is 12.5 Å². The van der Waals surface area contributed by atoms with Crippen molar-refractivity contribution in [3.8, 4) is 0 Å².